The average molecular weight is 431 g/mol. The summed E-state index contributed by atoms with van der Waals surface area (Å²) in [6.07, 6.45) is 1.02. The van der Waals surface area contributed by atoms with Crippen LogP contribution in [0, 0.1) is 0 Å². The van der Waals surface area contributed by atoms with Crippen LogP contribution in [0.3, 0.4) is 0 Å². The number of rotatable bonds is 4. The fraction of sp³-hybridized carbons (Fsp3) is 0.476. The summed E-state index contributed by atoms with van der Waals surface area (Å²) in [6.45, 7) is 12.2. The zero-order chi connectivity index (χ0) is 22.3. The van der Waals surface area contributed by atoms with Crippen molar-refractivity contribution in [3.05, 3.63) is 36.9 Å². The van der Waals surface area contributed by atoms with Crippen molar-refractivity contribution in [3.63, 3.8) is 0 Å². The van der Waals surface area contributed by atoms with Crippen LogP contribution in [0.2, 0.25) is 0 Å². The zero-order valence-corrected chi connectivity index (χ0v) is 19.2. The quantitative estimate of drug-likeness (QED) is 0.536. The number of piperazine rings is 1. The Morgan fingerprint density at radius 2 is 1.83 bits per heavy atom. The maximum atomic E-state index is 13.4. The van der Waals surface area contributed by atoms with Gasteiger partial charge in [0.1, 0.15) is 11.0 Å². The summed E-state index contributed by atoms with van der Waals surface area (Å²) in [4.78, 5) is 17.0. The Hall–Kier alpha value is -2.10. The van der Waals surface area contributed by atoms with E-state index < -0.39 is 26.9 Å². The first kappa shape index (κ1) is 22.6. The number of likely N-dealkylation sites (N-methyl/N-ethyl adjacent to an activating group) is 1. The largest absolute Gasteiger partial charge is 0.443 e. The van der Waals surface area contributed by atoms with E-state index in [1.165, 1.54) is 10.6 Å². The van der Waals surface area contributed by atoms with Crippen molar-refractivity contribution in [2.45, 2.75) is 36.6 Å². The van der Waals surface area contributed by atoms with Crippen molar-refractivity contribution in [1.82, 2.24) is 14.4 Å². The lowest BCUT2D eigenvalue weighted by Crippen LogP contribution is -2.50. The number of hydrogen-bond donors (Lipinski definition) is 0. The van der Waals surface area contributed by atoms with Crippen molar-refractivity contribution < 1.29 is 17.9 Å². The van der Waals surface area contributed by atoms with E-state index in [0.29, 0.717) is 29.6 Å². The van der Waals surface area contributed by atoms with Crippen molar-refractivity contribution in [3.8, 4) is 0 Å². The number of nitrogens with zero attached hydrogens (tertiary/aromatic N) is 3. The number of hydrogen-bond acceptors (Lipinski definition) is 6. The molecule has 2 heterocycles. The smallest absolute Gasteiger partial charge is 0.418 e. The highest BCUT2D eigenvalue weighted by molar-refractivity contribution is 7.92. The van der Waals surface area contributed by atoms with E-state index in [0.717, 1.165) is 13.1 Å². The van der Waals surface area contributed by atoms with Gasteiger partial charge in [0.05, 0.1) is 10.4 Å². The number of ether oxygens (including phenoxy) is 1. The molecule has 3 rings (SSSR count). The number of benzene rings is 1. The van der Waals surface area contributed by atoms with Crippen LogP contribution < -0.4 is 5.59 Å². The van der Waals surface area contributed by atoms with Gasteiger partial charge in [-0.1, -0.05) is 6.08 Å². The van der Waals surface area contributed by atoms with Gasteiger partial charge >= 0.3 is 6.09 Å². The van der Waals surface area contributed by atoms with E-state index in [4.69, 9.17) is 4.74 Å². The Morgan fingerprint density at radius 3 is 2.40 bits per heavy atom. The summed E-state index contributed by atoms with van der Waals surface area (Å²) in [5.74, 6) is 0. The molecule has 0 bridgehead atoms. The number of sulfone groups is 1. The summed E-state index contributed by atoms with van der Waals surface area (Å²) in [5.41, 5.74) is 0.687. The molecule has 7 nitrogen and oxygen atoms in total. The Bertz CT molecular complexity index is 1060. The Morgan fingerprint density at radius 1 is 1.20 bits per heavy atom. The first-order valence-electron chi connectivity index (χ1n) is 10.1. The molecule has 1 unspecified atom stereocenters. The highest BCUT2D eigenvalue weighted by atomic mass is 32.2. The Balaban J connectivity index is 1.97. The van der Waals surface area contributed by atoms with E-state index in [2.05, 4.69) is 11.5 Å². The second kappa shape index (κ2) is 8.21. The van der Waals surface area contributed by atoms with Crippen LogP contribution in [0.1, 0.15) is 20.8 Å². The molecule has 0 radical (unpaired) electrons. The normalized spacial score (nSPS) is 17.7. The minimum atomic E-state index is -3.65. The summed E-state index contributed by atoms with van der Waals surface area (Å²) in [7, 11) is 0.180. The van der Waals surface area contributed by atoms with Crippen LogP contribution in [0.4, 0.5) is 4.79 Å². The minimum absolute atomic E-state index is 0.222. The van der Waals surface area contributed by atoms with Gasteiger partial charge in [-0.2, -0.15) is 0 Å². The third-order valence-corrected chi connectivity index (χ3v) is 7.32. The third kappa shape index (κ3) is 4.48. The molecule has 2 aromatic rings. The molecule has 1 atom stereocenters. The van der Waals surface area contributed by atoms with Crippen molar-refractivity contribution in [1.29, 1.82) is 0 Å². The summed E-state index contributed by atoms with van der Waals surface area (Å²) >= 11 is 0. The summed E-state index contributed by atoms with van der Waals surface area (Å²) < 4.78 is 33.7. The third-order valence-electron chi connectivity index (χ3n) is 5.28. The van der Waals surface area contributed by atoms with Gasteiger partial charge in [0.25, 0.3) is 0 Å². The fourth-order valence-corrected chi connectivity index (χ4v) is 5.43. The molecule has 0 saturated carbocycles. The van der Waals surface area contributed by atoms with E-state index in [9.17, 15) is 13.2 Å². The number of fused-ring (bicyclic) bond motifs is 1. The maximum absolute atomic E-state index is 13.4. The van der Waals surface area contributed by atoms with E-state index in [1.807, 2.05) is 32.7 Å². The van der Waals surface area contributed by atoms with Crippen molar-refractivity contribution in [2.75, 3.05) is 33.2 Å². The molecular formula is C21H30BN3O4S. The van der Waals surface area contributed by atoms with Gasteiger partial charge in [-0.15, -0.1) is 6.58 Å². The van der Waals surface area contributed by atoms with E-state index in [1.54, 1.807) is 32.1 Å². The van der Waals surface area contributed by atoms with E-state index >= 15 is 0 Å². The first-order valence-corrected chi connectivity index (χ1v) is 11.6. The topological polar surface area (TPSA) is 71.9 Å². The second-order valence-corrected chi connectivity index (χ2v) is 10.9. The molecular weight excluding hydrogens is 401 g/mol. The van der Waals surface area contributed by atoms with Crippen LogP contribution in [-0.4, -0.2) is 80.9 Å². The van der Waals surface area contributed by atoms with Crippen LogP contribution >= 0.6 is 0 Å². The standard InChI is InChI=1S/C21H30BN3O4S/c1-6-19(24-11-9-23(5)10-12-24)30(27,28)16-7-8-17-15(13-16)14-18(22)25(17)20(26)29-21(2,3)4/h6-8,13-14,19H,1,9-12,22H2,2-5H3. The van der Waals surface area contributed by atoms with Gasteiger partial charge in [-0.05, 0) is 57.7 Å². The summed E-state index contributed by atoms with van der Waals surface area (Å²) in [6, 6.07) is 6.66. The SMILES string of the molecule is Bc1cc2cc(S(=O)(=O)C(C=C)N3CCN(C)CC3)ccc2n1C(=O)OC(C)(C)C. The maximum Gasteiger partial charge on any atom is 0.418 e. The summed E-state index contributed by atoms with van der Waals surface area (Å²) in [5, 5.41) is -0.0988. The molecule has 9 heteroatoms. The monoisotopic (exact) mass is 431 g/mol. The fourth-order valence-electron chi connectivity index (χ4n) is 3.75. The van der Waals surface area contributed by atoms with Gasteiger partial charge in [0.2, 0.25) is 0 Å². The van der Waals surface area contributed by atoms with Gasteiger partial charge in [-0.3, -0.25) is 9.47 Å². The van der Waals surface area contributed by atoms with Crippen LogP contribution in [0.25, 0.3) is 10.9 Å². The molecule has 0 aliphatic carbocycles. The lowest BCUT2D eigenvalue weighted by molar-refractivity contribution is 0.0549. The molecule has 1 aliphatic heterocycles. The van der Waals surface area contributed by atoms with Gasteiger partial charge in [0, 0.05) is 31.6 Å². The van der Waals surface area contributed by atoms with Crippen molar-refractivity contribution >= 4 is 40.3 Å². The number of carbonyl (C=O) groups is 1. The molecule has 1 fully saturated rings. The average Bonchev–Trinajstić information content (AvgIpc) is 2.97. The lowest BCUT2D eigenvalue weighted by atomic mass is 10.1. The molecule has 0 amide bonds. The zero-order valence-electron chi connectivity index (χ0n) is 18.4. The van der Waals surface area contributed by atoms with Gasteiger partial charge < -0.3 is 9.64 Å². The molecule has 0 N–H and O–H groups in total. The molecule has 1 saturated heterocycles. The Kier molecular flexibility index (Phi) is 6.18. The molecule has 1 aromatic heterocycles. The highest BCUT2D eigenvalue weighted by Crippen LogP contribution is 2.25. The molecule has 162 valence electrons. The van der Waals surface area contributed by atoms with Crippen LogP contribution in [-0.2, 0) is 14.6 Å². The highest BCUT2D eigenvalue weighted by Gasteiger charge is 2.32. The van der Waals surface area contributed by atoms with E-state index in [-0.39, 0.29) is 4.90 Å². The van der Waals surface area contributed by atoms with Crippen LogP contribution in [0.5, 0.6) is 0 Å². The minimum Gasteiger partial charge on any atom is -0.443 e. The molecule has 1 aliphatic rings. The lowest BCUT2D eigenvalue weighted by Gasteiger charge is -2.36. The molecule has 1 aromatic carbocycles. The molecule has 0 spiro atoms. The van der Waals surface area contributed by atoms with Gasteiger partial charge in [-0.25, -0.2) is 13.2 Å². The Labute approximate surface area is 179 Å². The predicted octanol–water partition coefficient (Wildman–Crippen LogP) is 1.22. The first-order chi connectivity index (χ1) is 13.9. The molecule has 30 heavy (non-hydrogen) atoms. The van der Waals surface area contributed by atoms with Crippen LogP contribution in [0.15, 0.2) is 41.8 Å². The van der Waals surface area contributed by atoms with Gasteiger partial charge in [0.15, 0.2) is 17.7 Å². The number of aromatic nitrogens is 1. The second-order valence-electron chi connectivity index (χ2n) is 8.83. The number of carbonyl (C=O) groups excluding carboxylic acids is 1. The predicted molar refractivity (Wildman–Crippen MR) is 122 cm³/mol. The van der Waals surface area contributed by atoms with Crippen molar-refractivity contribution in [2.24, 2.45) is 0 Å².